The molecule has 2 aromatic carbocycles. The third-order valence-electron chi connectivity index (χ3n) is 4.59. The quantitative estimate of drug-likeness (QED) is 0.773. The van der Waals surface area contributed by atoms with Crippen LogP contribution in [-0.2, 0) is 22.9 Å². The van der Waals surface area contributed by atoms with Gasteiger partial charge in [0.15, 0.2) is 0 Å². The topological polar surface area (TPSA) is 75.7 Å². The molecular formula is C21H26N2O4S. The first-order valence-electron chi connectivity index (χ1n) is 9.38. The van der Waals surface area contributed by atoms with Crippen LogP contribution in [0.5, 0.6) is 5.75 Å². The Morgan fingerprint density at radius 3 is 2.54 bits per heavy atom. The van der Waals surface area contributed by atoms with Crippen LogP contribution >= 0.6 is 0 Å². The molecule has 0 spiro atoms. The van der Waals surface area contributed by atoms with Crippen LogP contribution in [0.15, 0.2) is 42.5 Å². The van der Waals surface area contributed by atoms with E-state index in [1.165, 1.54) is 10.6 Å². The number of rotatable bonds is 7. The third kappa shape index (κ3) is 4.84. The smallest absolute Gasteiger partial charge is 0.251 e. The van der Waals surface area contributed by atoms with Crippen LogP contribution in [-0.4, -0.2) is 39.8 Å². The first-order chi connectivity index (χ1) is 13.2. The molecule has 0 radical (unpaired) electrons. The summed E-state index contributed by atoms with van der Waals surface area (Å²) in [5, 5.41) is 2.92. The molecule has 1 amide bonds. The van der Waals surface area contributed by atoms with Gasteiger partial charge in [-0.25, -0.2) is 8.42 Å². The fourth-order valence-electron chi connectivity index (χ4n) is 3.29. The fourth-order valence-corrected chi connectivity index (χ4v) is 4.24. The Kier molecular flexibility index (Phi) is 5.93. The van der Waals surface area contributed by atoms with Crippen molar-refractivity contribution in [2.24, 2.45) is 0 Å². The Morgan fingerprint density at radius 2 is 1.89 bits per heavy atom. The van der Waals surface area contributed by atoms with E-state index in [0.717, 1.165) is 23.3 Å². The first-order valence-corrected chi connectivity index (χ1v) is 11.2. The number of hydrogen-bond acceptors (Lipinski definition) is 4. The summed E-state index contributed by atoms with van der Waals surface area (Å²) < 4.78 is 30.6. The summed E-state index contributed by atoms with van der Waals surface area (Å²) >= 11 is 0. The Morgan fingerprint density at radius 1 is 1.18 bits per heavy atom. The molecule has 0 unspecified atom stereocenters. The van der Waals surface area contributed by atoms with Crippen LogP contribution in [0, 0.1) is 0 Å². The van der Waals surface area contributed by atoms with Crippen molar-refractivity contribution in [2.75, 3.05) is 23.7 Å². The Hall–Kier alpha value is -2.54. The molecule has 1 heterocycles. The van der Waals surface area contributed by atoms with Crippen molar-refractivity contribution >= 4 is 21.6 Å². The Bertz CT molecular complexity index is 953. The highest BCUT2D eigenvalue weighted by molar-refractivity contribution is 7.92. The number of amides is 1. The van der Waals surface area contributed by atoms with E-state index >= 15 is 0 Å². The molecule has 1 aliphatic rings. The number of fused-ring (bicyclic) bond motifs is 1. The molecule has 1 N–H and O–H groups in total. The molecule has 0 bridgehead atoms. The minimum atomic E-state index is -3.28. The Labute approximate surface area is 166 Å². The van der Waals surface area contributed by atoms with Crippen molar-refractivity contribution in [1.82, 2.24) is 5.32 Å². The van der Waals surface area contributed by atoms with E-state index in [0.29, 0.717) is 30.8 Å². The van der Waals surface area contributed by atoms with Gasteiger partial charge in [0.05, 0.1) is 18.0 Å². The first kappa shape index (κ1) is 20.2. The SMILES string of the molecule is CC(C)Oc1ccc(CCNC(=O)c2ccc3c(c2)CCN3S(C)(=O)=O)cc1. The normalized spacial score (nSPS) is 13.5. The van der Waals surface area contributed by atoms with Gasteiger partial charge in [-0.05, 0) is 68.1 Å². The van der Waals surface area contributed by atoms with E-state index in [1.54, 1.807) is 18.2 Å². The monoisotopic (exact) mass is 402 g/mol. The van der Waals surface area contributed by atoms with Crippen molar-refractivity contribution in [2.45, 2.75) is 32.8 Å². The molecule has 2 aromatic rings. The van der Waals surface area contributed by atoms with Crippen LogP contribution in [0.3, 0.4) is 0 Å². The summed E-state index contributed by atoms with van der Waals surface area (Å²) in [7, 11) is -3.28. The largest absolute Gasteiger partial charge is 0.491 e. The molecule has 6 nitrogen and oxygen atoms in total. The van der Waals surface area contributed by atoms with E-state index in [2.05, 4.69) is 5.32 Å². The zero-order chi connectivity index (χ0) is 20.3. The van der Waals surface area contributed by atoms with Gasteiger partial charge < -0.3 is 10.1 Å². The molecule has 150 valence electrons. The lowest BCUT2D eigenvalue weighted by molar-refractivity contribution is 0.0954. The number of hydrogen-bond donors (Lipinski definition) is 1. The van der Waals surface area contributed by atoms with E-state index in [4.69, 9.17) is 4.74 Å². The molecule has 1 aliphatic heterocycles. The molecule has 0 aromatic heterocycles. The van der Waals surface area contributed by atoms with Gasteiger partial charge in [0.2, 0.25) is 10.0 Å². The van der Waals surface area contributed by atoms with Gasteiger partial charge in [-0.15, -0.1) is 0 Å². The highest BCUT2D eigenvalue weighted by atomic mass is 32.2. The van der Waals surface area contributed by atoms with Gasteiger partial charge in [-0.2, -0.15) is 0 Å². The lowest BCUT2D eigenvalue weighted by Gasteiger charge is -2.16. The third-order valence-corrected chi connectivity index (χ3v) is 5.77. The number of carbonyl (C=O) groups is 1. The fraction of sp³-hybridized carbons (Fsp3) is 0.381. The molecule has 0 saturated carbocycles. The van der Waals surface area contributed by atoms with Gasteiger partial charge in [0, 0.05) is 18.7 Å². The number of ether oxygens (including phenoxy) is 1. The zero-order valence-electron chi connectivity index (χ0n) is 16.4. The predicted octanol–water partition coefficient (Wildman–Crippen LogP) is 2.77. The molecule has 0 fully saturated rings. The van der Waals surface area contributed by atoms with Crippen LogP contribution < -0.4 is 14.4 Å². The van der Waals surface area contributed by atoms with Crippen LogP contribution in [0.4, 0.5) is 5.69 Å². The molecule has 7 heteroatoms. The van der Waals surface area contributed by atoms with Gasteiger partial charge in [-0.1, -0.05) is 12.1 Å². The molecule has 0 atom stereocenters. The molecule has 3 rings (SSSR count). The lowest BCUT2D eigenvalue weighted by Crippen LogP contribution is -2.27. The summed E-state index contributed by atoms with van der Waals surface area (Å²) in [5.41, 5.74) is 3.23. The van der Waals surface area contributed by atoms with Crippen LogP contribution in [0.1, 0.15) is 35.3 Å². The van der Waals surface area contributed by atoms with Crippen LogP contribution in [0.2, 0.25) is 0 Å². The summed E-state index contributed by atoms with van der Waals surface area (Å²) in [6, 6.07) is 13.0. The van der Waals surface area contributed by atoms with Gasteiger partial charge in [0.25, 0.3) is 5.91 Å². The maximum absolute atomic E-state index is 12.4. The molecule has 0 aliphatic carbocycles. The second kappa shape index (κ2) is 8.22. The maximum atomic E-state index is 12.4. The summed E-state index contributed by atoms with van der Waals surface area (Å²) in [6.45, 7) is 4.92. The number of carbonyl (C=O) groups excluding carboxylic acids is 1. The second-order valence-corrected chi connectivity index (χ2v) is 9.15. The molecule has 28 heavy (non-hydrogen) atoms. The van der Waals surface area contributed by atoms with E-state index in [-0.39, 0.29) is 12.0 Å². The van der Waals surface area contributed by atoms with Crippen molar-refractivity contribution in [1.29, 1.82) is 0 Å². The van der Waals surface area contributed by atoms with E-state index < -0.39 is 10.0 Å². The van der Waals surface area contributed by atoms with Gasteiger partial charge in [-0.3, -0.25) is 9.10 Å². The Balaban J connectivity index is 1.56. The highest BCUT2D eigenvalue weighted by Crippen LogP contribution is 2.30. The predicted molar refractivity (Wildman–Crippen MR) is 111 cm³/mol. The average Bonchev–Trinajstić information content (AvgIpc) is 3.06. The number of nitrogens with zero attached hydrogens (tertiary/aromatic N) is 1. The van der Waals surface area contributed by atoms with E-state index in [9.17, 15) is 13.2 Å². The van der Waals surface area contributed by atoms with Crippen LogP contribution in [0.25, 0.3) is 0 Å². The molecule has 0 saturated heterocycles. The number of nitrogens with one attached hydrogen (secondary N) is 1. The number of anilines is 1. The lowest BCUT2D eigenvalue weighted by atomic mass is 10.1. The molecular weight excluding hydrogens is 376 g/mol. The van der Waals surface area contributed by atoms with Gasteiger partial charge >= 0.3 is 0 Å². The average molecular weight is 403 g/mol. The zero-order valence-corrected chi connectivity index (χ0v) is 17.3. The standard InChI is InChI=1S/C21H26N2O4S/c1-15(2)27-19-7-4-16(5-8-19)10-12-22-21(24)18-6-9-20-17(14-18)11-13-23(20)28(3,25)26/h4-9,14-15H,10-13H2,1-3H3,(H,22,24). The van der Waals surface area contributed by atoms with E-state index in [1.807, 2.05) is 38.1 Å². The minimum absolute atomic E-state index is 0.141. The second-order valence-electron chi connectivity index (χ2n) is 7.25. The van der Waals surface area contributed by atoms with Crippen molar-refractivity contribution in [3.05, 3.63) is 59.2 Å². The summed E-state index contributed by atoms with van der Waals surface area (Å²) in [6.07, 6.45) is 2.68. The van der Waals surface area contributed by atoms with Crippen molar-refractivity contribution < 1.29 is 17.9 Å². The van der Waals surface area contributed by atoms with Crippen molar-refractivity contribution in [3.8, 4) is 5.75 Å². The highest BCUT2D eigenvalue weighted by Gasteiger charge is 2.26. The number of benzene rings is 2. The van der Waals surface area contributed by atoms with Gasteiger partial charge in [0.1, 0.15) is 5.75 Å². The summed E-state index contributed by atoms with van der Waals surface area (Å²) in [5.74, 6) is 0.685. The number of sulfonamides is 1. The summed E-state index contributed by atoms with van der Waals surface area (Å²) in [4.78, 5) is 12.4. The minimum Gasteiger partial charge on any atom is -0.491 e. The van der Waals surface area contributed by atoms with Crippen molar-refractivity contribution in [3.63, 3.8) is 0 Å². The maximum Gasteiger partial charge on any atom is 0.251 e.